The summed E-state index contributed by atoms with van der Waals surface area (Å²) < 4.78 is 18.0. The van der Waals surface area contributed by atoms with Gasteiger partial charge in [0.05, 0.1) is 0 Å². The van der Waals surface area contributed by atoms with Crippen LogP contribution in [0.5, 0.6) is 0 Å². The Bertz CT molecular complexity index is 194. The Kier molecular flexibility index (Phi) is 10.8. The minimum Gasteiger partial charge on any atom is -0.374 e. The van der Waals surface area contributed by atoms with Crippen LogP contribution in [-0.4, -0.2) is 28.6 Å². The van der Waals surface area contributed by atoms with Crippen LogP contribution in [0, 0.1) is 17.8 Å². The molecule has 0 aliphatic carbocycles. The molecule has 0 amide bonds. The van der Waals surface area contributed by atoms with Crippen molar-refractivity contribution < 1.29 is 13.3 Å². The molecule has 0 bridgehead atoms. The van der Waals surface area contributed by atoms with E-state index in [1.807, 2.05) is 6.55 Å². The molecular weight excluding hydrogens is 268 g/mol. The molecule has 0 radical (unpaired) electrons. The van der Waals surface area contributed by atoms with Gasteiger partial charge >= 0.3 is 8.80 Å². The first-order chi connectivity index (χ1) is 9.25. The molecule has 0 unspecified atom stereocenters. The van der Waals surface area contributed by atoms with Crippen LogP contribution in [0.3, 0.4) is 0 Å². The van der Waals surface area contributed by atoms with E-state index in [2.05, 4.69) is 41.5 Å². The van der Waals surface area contributed by atoms with E-state index in [1.165, 1.54) is 0 Å². The molecule has 0 heterocycles. The van der Waals surface area contributed by atoms with E-state index in [9.17, 15) is 0 Å². The van der Waals surface area contributed by atoms with Gasteiger partial charge in [0.15, 0.2) is 0 Å². The molecule has 0 aromatic carbocycles. The molecular formula is C16H36O3Si. The first-order valence-corrected chi connectivity index (χ1v) is 10.4. The average Bonchev–Trinajstić information content (AvgIpc) is 2.27. The smallest absolute Gasteiger partial charge is 0.374 e. The van der Waals surface area contributed by atoms with Crippen LogP contribution in [-0.2, 0) is 13.3 Å². The summed E-state index contributed by atoms with van der Waals surface area (Å²) >= 11 is 0. The van der Waals surface area contributed by atoms with E-state index >= 15 is 0 Å². The monoisotopic (exact) mass is 304 g/mol. The lowest BCUT2D eigenvalue weighted by atomic mass is 10.2. The second-order valence-corrected chi connectivity index (χ2v) is 9.55. The normalized spacial score (nSPS) is 12.9. The summed E-state index contributed by atoms with van der Waals surface area (Å²) in [5.41, 5.74) is 0. The third-order valence-electron chi connectivity index (χ3n) is 3.18. The number of rotatable bonds is 12. The second kappa shape index (κ2) is 10.8. The summed E-state index contributed by atoms with van der Waals surface area (Å²) in [6, 6.07) is 0. The van der Waals surface area contributed by atoms with Crippen molar-refractivity contribution in [3.05, 3.63) is 0 Å². The maximum Gasteiger partial charge on any atom is 0.497 e. The van der Waals surface area contributed by atoms with Crippen molar-refractivity contribution in [2.24, 2.45) is 17.8 Å². The van der Waals surface area contributed by atoms with Gasteiger partial charge in [-0.3, -0.25) is 0 Å². The van der Waals surface area contributed by atoms with Gasteiger partial charge < -0.3 is 13.3 Å². The van der Waals surface area contributed by atoms with Crippen LogP contribution < -0.4 is 0 Å². The first kappa shape index (κ1) is 20.1. The minimum atomic E-state index is -2.45. The Morgan fingerprint density at radius 1 is 0.600 bits per heavy atom. The SMILES string of the molecule is CC(C)CCO[Si](C)(OCCC(C)C)OCCC(C)C. The highest BCUT2D eigenvalue weighted by molar-refractivity contribution is 6.59. The molecule has 0 saturated carbocycles. The lowest BCUT2D eigenvalue weighted by Gasteiger charge is -2.27. The summed E-state index contributed by atoms with van der Waals surface area (Å²) in [5, 5.41) is 0. The minimum absolute atomic E-state index is 0.652. The fourth-order valence-electron chi connectivity index (χ4n) is 1.57. The van der Waals surface area contributed by atoms with Crippen molar-refractivity contribution in [1.82, 2.24) is 0 Å². The molecule has 0 rings (SSSR count). The van der Waals surface area contributed by atoms with E-state index < -0.39 is 8.80 Å². The van der Waals surface area contributed by atoms with Crippen LogP contribution in [0.1, 0.15) is 60.8 Å². The van der Waals surface area contributed by atoms with E-state index in [4.69, 9.17) is 13.3 Å². The van der Waals surface area contributed by atoms with Crippen molar-refractivity contribution in [2.75, 3.05) is 19.8 Å². The number of hydrogen-bond donors (Lipinski definition) is 0. The molecule has 3 nitrogen and oxygen atoms in total. The zero-order valence-corrected chi connectivity index (χ0v) is 15.7. The van der Waals surface area contributed by atoms with E-state index in [0.717, 1.165) is 39.1 Å². The van der Waals surface area contributed by atoms with Gasteiger partial charge in [-0.05, 0) is 37.0 Å². The maximum absolute atomic E-state index is 6.00. The highest BCUT2D eigenvalue weighted by atomic mass is 28.4. The van der Waals surface area contributed by atoms with Gasteiger partial charge in [-0.2, -0.15) is 0 Å². The van der Waals surface area contributed by atoms with E-state index in [-0.39, 0.29) is 0 Å². The van der Waals surface area contributed by atoms with E-state index in [1.54, 1.807) is 0 Å². The Morgan fingerprint density at radius 2 is 0.850 bits per heavy atom. The lowest BCUT2D eigenvalue weighted by Crippen LogP contribution is -2.43. The molecule has 20 heavy (non-hydrogen) atoms. The molecule has 0 atom stereocenters. The molecule has 0 aromatic heterocycles. The van der Waals surface area contributed by atoms with Gasteiger partial charge in [0, 0.05) is 26.4 Å². The molecule has 0 aliphatic heterocycles. The van der Waals surface area contributed by atoms with Crippen molar-refractivity contribution in [3.63, 3.8) is 0 Å². The molecule has 0 spiro atoms. The van der Waals surface area contributed by atoms with Crippen LogP contribution in [0.15, 0.2) is 0 Å². The molecule has 0 fully saturated rings. The van der Waals surface area contributed by atoms with Crippen LogP contribution >= 0.6 is 0 Å². The first-order valence-electron chi connectivity index (χ1n) is 8.17. The molecule has 0 N–H and O–H groups in total. The van der Waals surface area contributed by atoms with Crippen molar-refractivity contribution >= 4 is 8.80 Å². The Hall–Kier alpha value is 0.0969. The Labute approximate surface area is 127 Å². The van der Waals surface area contributed by atoms with E-state index in [0.29, 0.717) is 17.8 Å². The number of hydrogen-bond acceptors (Lipinski definition) is 3. The topological polar surface area (TPSA) is 27.7 Å². The highest BCUT2D eigenvalue weighted by Gasteiger charge is 2.34. The fourth-order valence-corrected chi connectivity index (χ4v) is 3.28. The van der Waals surface area contributed by atoms with Gasteiger partial charge in [-0.25, -0.2) is 0 Å². The maximum atomic E-state index is 6.00. The summed E-state index contributed by atoms with van der Waals surface area (Å²) in [4.78, 5) is 0. The van der Waals surface area contributed by atoms with Crippen LogP contribution in [0.4, 0.5) is 0 Å². The fraction of sp³-hybridized carbons (Fsp3) is 1.00. The van der Waals surface area contributed by atoms with Gasteiger partial charge in [0.25, 0.3) is 0 Å². The van der Waals surface area contributed by atoms with Gasteiger partial charge in [0.1, 0.15) is 0 Å². The molecule has 122 valence electrons. The zero-order chi connectivity index (χ0) is 15.6. The summed E-state index contributed by atoms with van der Waals surface area (Å²) in [6.07, 6.45) is 3.18. The second-order valence-electron chi connectivity index (χ2n) is 6.96. The zero-order valence-electron chi connectivity index (χ0n) is 14.7. The average molecular weight is 305 g/mol. The van der Waals surface area contributed by atoms with Crippen LogP contribution in [0.2, 0.25) is 6.55 Å². The molecule has 4 heteroatoms. The third-order valence-corrected chi connectivity index (χ3v) is 5.36. The summed E-state index contributed by atoms with van der Waals surface area (Å²) in [6.45, 7) is 17.5. The van der Waals surface area contributed by atoms with Gasteiger partial charge in [-0.1, -0.05) is 41.5 Å². The van der Waals surface area contributed by atoms with Gasteiger partial charge in [0.2, 0.25) is 0 Å². The van der Waals surface area contributed by atoms with Crippen molar-refractivity contribution in [2.45, 2.75) is 67.4 Å². The van der Waals surface area contributed by atoms with Crippen LogP contribution in [0.25, 0.3) is 0 Å². The Morgan fingerprint density at radius 3 is 1.05 bits per heavy atom. The van der Waals surface area contributed by atoms with Crippen molar-refractivity contribution in [1.29, 1.82) is 0 Å². The Balaban J connectivity index is 4.18. The third kappa shape index (κ3) is 11.9. The molecule has 0 aliphatic rings. The predicted octanol–water partition coefficient (Wildman–Crippen LogP) is 4.74. The largest absolute Gasteiger partial charge is 0.497 e. The summed E-state index contributed by atoms with van der Waals surface area (Å²) in [5.74, 6) is 1.96. The summed E-state index contributed by atoms with van der Waals surface area (Å²) in [7, 11) is -2.45. The standard InChI is InChI=1S/C16H36O3Si/c1-14(2)8-11-17-20(7,18-12-9-15(3)4)19-13-10-16(5)6/h14-16H,8-13H2,1-7H3. The van der Waals surface area contributed by atoms with Gasteiger partial charge in [-0.15, -0.1) is 0 Å². The predicted molar refractivity (Wildman–Crippen MR) is 87.8 cm³/mol. The molecule has 0 saturated heterocycles. The molecule has 0 aromatic rings. The van der Waals surface area contributed by atoms with Crippen molar-refractivity contribution in [3.8, 4) is 0 Å². The quantitative estimate of drug-likeness (QED) is 0.487. The highest BCUT2D eigenvalue weighted by Crippen LogP contribution is 2.15. The lowest BCUT2D eigenvalue weighted by molar-refractivity contribution is 0.0565.